The van der Waals surface area contributed by atoms with Crippen molar-refractivity contribution in [2.45, 2.75) is 38.6 Å². The Morgan fingerprint density at radius 3 is 2.47 bits per heavy atom. The van der Waals surface area contributed by atoms with Crippen LogP contribution in [0.3, 0.4) is 0 Å². The maximum absolute atomic E-state index is 10.7. The molecule has 2 aromatic carbocycles. The van der Waals surface area contributed by atoms with E-state index in [2.05, 4.69) is 47.3 Å². The first-order valence-electron chi connectivity index (χ1n) is 12.7. The highest BCUT2D eigenvalue weighted by atomic mass is 32.2. The molecule has 0 spiro atoms. The molecule has 0 atom stereocenters. The molecule has 0 amide bonds. The van der Waals surface area contributed by atoms with Crippen molar-refractivity contribution in [3.8, 4) is 28.1 Å². The highest BCUT2D eigenvalue weighted by molar-refractivity contribution is 7.98. The van der Waals surface area contributed by atoms with Gasteiger partial charge in [-0.25, -0.2) is 4.79 Å². The van der Waals surface area contributed by atoms with Crippen molar-refractivity contribution in [1.29, 1.82) is 0 Å². The summed E-state index contributed by atoms with van der Waals surface area (Å²) in [6, 6.07) is 18.7. The Kier molecular flexibility index (Phi) is 9.47. The van der Waals surface area contributed by atoms with Crippen molar-refractivity contribution in [3.63, 3.8) is 0 Å². The number of aromatic nitrogens is 2. The Bertz CT molecular complexity index is 1120. The minimum Gasteiger partial charge on any atom is -0.497 e. The van der Waals surface area contributed by atoms with Gasteiger partial charge in [-0.15, -0.1) is 0 Å². The fourth-order valence-electron chi connectivity index (χ4n) is 5.12. The largest absolute Gasteiger partial charge is 0.497 e. The molecule has 0 saturated heterocycles. The van der Waals surface area contributed by atoms with Crippen molar-refractivity contribution in [1.82, 2.24) is 9.78 Å². The first kappa shape index (κ1) is 26.3. The quantitative estimate of drug-likeness (QED) is 0.322. The van der Waals surface area contributed by atoms with Crippen LogP contribution in [0, 0.1) is 11.8 Å². The Hall–Kier alpha value is -2.77. The van der Waals surface area contributed by atoms with Crippen LogP contribution in [0.1, 0.15) is 31.4 Å². The molecule has 1 aromatic heterocycles. The molecule has 192 valence electrons. The lowest BCUT2D eigenvalue weighted by atomic mass is 9.82. The number of methoxy groups -OCH3 is 1. The molecular weight excluding hydrogens is 472 g/mol. The van der Waals surface area contributed by atoms with E-state index in [0.717, 1.165) is 67.0 Å². The Labute approximate surface area is 218 Å². The standard InChI is InChI=1S/C29H36N2O4S/c1-34-25-10-6-9-24(17-25)28-26(15-16-36-2)31(30-29(28)23-7-4-3-5-8-23)18-21-11-13-22(14-12-21)19-35-20-27(32)33/h3-10,17,21-22H,11-16,18-20H2,1-2H3,(H,32,33)/t21-,22+. The molecule has 0 bridgehead atoms. The summed E-state index contributed by atoms with van der Waals surface area (Å²) in [5.74, 6) is 1.97. The smallest absolute Gasteiger partial charge is 0.329 e. The Morgan fingerprint density at radius 2 is 1.78 bits per heavy atom. The van der Waals surface area contributed by atoms with E-state index in [9.17, 15) is 4.79 Å². The lowest BCUT2D eigenvalue weighted by Gasteiger charge is -2.28. The molecule has 1 aliphatic carbocycles. The van der Waals surface area contributed by atoms with Gasteiger partial charge in [-0.05, 0) is 73.6 Å². The predicted molar refractivity (Wildman–Crippen MR) is 146 cm³/mol. The number of benzene rings is 2. The van der Waals surface area contributed by atoms with E-state index in [1.165, 1.54) is 11.3 Å². The van der Waals surface area contributed by atoms with Gasteiger partial charge in [0.1, 0.15) is 18.1 Å². The number of carboxylic acids is 1. The monoisotopic (exact) mass is 508 g/mol. The van der Waals surface area contributed by atoms with Gasteiger partial charge in [-0.3, -0.25) is 4.68 Å². The van der Waals surface area contributed by atoms with E-state index in [1.807, 2.05) is 30.0 Å². The zero-order valence-corrected chi connectivity index (χ0v) is 22.0. The number of aliphatic carboxylic acids is 1. The van der Waals surface area contributed by atoms with E-state index in [4.69, 9.17) is 19.7 Å². The molecule has 36 heavy (non-hydrogen) atoms. The third-order valence-electron chi connectivity index (χ3n) is 6.98. The zero-order chi connectivity index (χ0) is 25.3. The van der Waals surface area contributed by atoms with Gasteiger partial charge in [-0.2, -0.15) is 16.9 Å². The summed E-state index contributed by atoms with van der Waals surface area (Å²) in [5, 5.41) is 14.0. The molecule has 1 fully saturated rings. The van der Waals surface area contributed by atoms with Gasteiger partial charge in [-0.1, -0.05) is 42.5 Å². The second-order valence-corrected chi connectivity index (χ2v) is 10.5. The van der Waals surface area contributed by atoms with Gasteiger partial charge in [0.2, 0.25) is 0 Å². The van der Waals surface area contributed by atoms with Crippen LogP contribution >= 0.6 is 11.8 Å². The van der Waals surface area contributed by atoms with E-state index in [0.29, 0.717) is 18.4 Å². The molecule has 7 heteroatoms. The number of nitrogens with zero attached hydrogens (tertiary/aromatic N) is 2. The summed E-state index contributed by atoms with van der Waals surface area (Å²) < 4.78 is 13.2. The highest BCUT2D eigenvalue weighted by Crippen LogP contribution is 2.38. The van der Waals surface area contributed by atoms with Crippen molar-refractivity contribution >= 4 is 17.7 Å². The van der Waals surface area contributed by atoms with Crippen molar-refractivity contribution in [3.05, 3.63) is 60.3 Å². The lowest BCUT2D eigenvalue weighted by molar-refractivity contribution is -0.142. The summed E-state index contributed by atoms with van der Waals surface area (Å²) >= 11 is 1.86. The second kappa shape index (κ2) is 13.0. The first-order valence-corrected chi connectivity index (χ1v) is 14.1. The summed E-state index contributed by atoms with van der Waals surface area (Å²) in [6.07, 6.45) is 7.46. The van der Waals surface area contributed by atoms with Crippen LogP contribution in [0.5, 0.6) is 5.75 Å². The van der Waals surface area contributed by atoms with Crippen LogP contribution in [-0.2, 0) is 22.5 Å². The van der Waals surface area contributed by atoms with Gasteiger partial charge in [0.05, 0.1) is 13.7 Å². The molecule has 1 N–H and O–H groups in total. The van der Waals surface area contributed by atoms with Gasteiger partial charge >= 0.3 is 5.97 Å². The fraction of sp³-hybridized carbons (Fsp3) is 0.448. The fourth-order valence-corrected chi connectivity index (χ4v) is 5.52. The third-order valence-corrected chi connectivity index (χ3v) is 7.60. The number of carboxylic acid groups (broad SMARTS) is 1. The topological polar surface area (TPSA) is 73.6 Å². The molecule has 1 aliphatic rings. The van der Waals surface area contributed by atoms with Crippen molar-refractivity contribution < 1.29 is 19.4 Å². The number of hydrogen-bond acceptors (Lipinski definition) is 5. The maximum Gasteiger partial charge on any atom is 0.329 e. The van der Waals surface area contributed by atoms with Gasteiger partial charge in [0.15, 0.2) is 0 Å². The summed E-state index contributed by atoms with van der Waals surface area (Å²) in [5.41, 5.74) is 5.76. The van der Waals surface area contributed by atoms with E-state index < -0.39 is 5.97 Å². The van der Waals surface area contributed by atoms with Gasteiger partial charge < -0.3 is 14.6 Å². The molecule has 0 aliphatic heterocycles. The van der Waals surface area contributed by atoms with E-state index in [1.54, 1.807) is 7.11 Å². The normalized spacial score (nSPS) is 17.7. The van der Waals surface area contributed by atoms with Crippen LogP contribution in [-0.4, -0.2) is 53.2 Å². The maximum atomic E-state index is 10.7. The molecule has 0 unspecified atom stereocenters. The first-order chi connectivity index (χ1) is 17.6. The van der Waals surface area contributed by atoms with Crippen LogP contribution in [0.25, 0.3) is 22.4 Å². The van der Waals surface area contributed by atoms with E-state index >= 15 is 0 Å². The number of thioether (sulfide) groups is 1. The summed E-state index contributed by atoms with van der Waals surface area (Å²) in [6.45, 7) is 1.23. The molecule has 4 rings (SSSR count). The van der Waals surface area contributed by atoms with Crippen LogP contribution in [0.15, 0.2) is 54.6 Å². The molecule has 3 aromatic rings. The average molecular weight is 509 g/mol. The highest BCUT2D eigenvalue weighted by Gasteiger charge is 2.26. The van der Waals surface area contributed by atoms with Crippen LogP contribution < -0.4 is 4.74 Å². The molecule has 1 heterocycles. The number of ether oxygens (including phenoxy) is 2. The van der Waals surface area contributed by atoms with Gasteiger partial charge in [0, 0.05) is 23.4 Å². The second-order valence-electron chi connectivity index (χ2n) is 9.49. The Morgan fingerprint density at radius 1 is 1.06 bits per heavy atom. The van der Waals surface area contributed by atoms with Gasteiger partial charge in [0.25, 0.3) is 0 Å². The third kappa shape index (κ3) is 6.71. The summed E-state index contributed by atoms with van der Waals surface area (Å²) in [4.78, 5) is 10.7. The Balaban J connectivity index is 1.62. The molecule has 6 nitrogen and oxygen atoms in total. The van der Waals surface area contributed by atoms with E-state index in [-0.39, 0.29) is 6.61 Å². The number of rotatable bonds is 12. The molecule has 1 saturated carbocycles. The zero-order valence-electron chi connectivity index (χ0n) is 21.2. The average Bonchev–Trinajstić information content (AvgIpc) is 3.26. The predicted octanol–water partition coefficient (Wildman–Crippen LogP) is 6.04. The number of hydrogen-bond donors (Lipinski definition) is 1. The molecule has 0 radical (unpaired) electrons. The lowest BCUT2D eigenvalue weighted by Crippen LogP contribution is -2.24. The van der Waals surface area contributed by atoms with Crippen molar-refractivity contribution in [2.24, 2.45) is 11.8 Å². The SMILES string of the molecule is COc1cccc(-c2c(-c3ccccc3)nn(C[C@H]3CC[C@@H](COCC(=O)O)CC3)c2CCSC)c1. The number of carbonyl (C=O) groups is 1. The molecular formula is C29H36N2O4S. The summed E-state index contributed by atoms with van der Waals surface area (Å²) in [7, 11) is 1.71. The van der Waals surface area contributed by atoms with Crippen LogP contribution in [0.4, 0.5) is 0 Å². The minimum atomic E-state index is -0.902. The van der Waals surface area contributed by atoms with Crippen LogP contribution in [0.2, 0.25) is 0 Å². The minimum absolute atomic E-state index is 0.207. The van der Waals surface area contributed by atoms with Crippen molar-refractivity contribution in [2.75, 3.05) is 32.3 Å².